The van der Waals surface area contributed by atoms with Crippen molar-refractivity contribution in [3.63, 3.8) is 0 Å². The van der Waals surface area contributed by atoms with E-state index < -0.39 is 0 Å². The van der Waals surface area contributed by atoms with Gasteiger partial charge in [0.2, 0.25) is 0 Å². The molecule has 0 bridgehead atoms. The van der Waals surface area contributed by atoms with Crippen LogP contribution >= 0.6 is 0 Å². The molecular formula is C15H18N2O. The third-order valence-corrected chi connectivity index (χ3v) is 3.44. The third-order valence-electron chi connectivity index (χ3n) is 3.44. The molecule has 2 aromatic rings. The summed E-state index contributed by atoms with van der Waals surface area (Å²) in [5.74, 6) is 1.03. The molecule has 3 rings (SSSR count). The highest BCUT2D eigenvalue weighted by Gasteiger charge is 2.23. The minimum Gasteiger partial charge on any atom is -0.488 e. The summed E-state index contributed by atoms with van der Waals surface area (Å²) in [6.07, 6.45) is 1.19. The minimum atomic E-state index is 0.208. The molecule has 0 saturated heterocycles. The summed E-state index contributed by atoms with van der Waals surface area (Å²) >= 11 is 0. The number of aryl methyl sites for hydroxylation is 3. The normalized spacial score (nSPS) is 17.6. The van der Waals surface area contributed by atoms with Crippen molar-refractivity contribution in [1.82, 2.24) is 9.78 Å². The molecule has 1 aromatic carbocycles. The molecule has 0 spiro atoms. The van der Waals surface area contributed by atoms with Crippen molar-refractivity contribution in [3.05, 3.63) is 46.8 Å². The van der Waals surface area contributed by atoms with Crippen LogP contribution in [0.4, 0.5) is 0 Å². The lowest BCUT2D eigenvalue weighted by atomic mass is 10.1. The first-order valence-corrected chi connectivity index (χ1v) is 6.39. The van der Waals surface area contributed by atoms with Crippen molar-refractivity contribution >= 4 is 0 Å². The lowest BCUT2D eigenvalue weighted by molar-refractivity contribution is 0.202. The van der Waals surface area contributed by atoms with E-state index in [1.807, 2.05) is 11.6 Å². The van der Waals surface area contributed by atoms with Crippen molar-refractivity contribution in [2.24, 2.45) is 0 Å². The van der Waals surface area contributed by atoms with Gasteiger partial charge in [0.25, 0.3) is 0 Å². The van der Waals surface area contributed by atoms with Gasteiger partial charge in [-0.05, 0) is 38.5 Å². The van der Waals surface area contributed by atoms with Crippen LogP contribution in [0.3, 0.4) is 0 Å². The molecule has 0 amide bonds. The highest BCUT2D eigenvalue weighted by molar-refractivity contribution is 5.40. The summed E-state index contributed by atoms with van der Waals surface area (Å²) in [4.78, 5) is 0. The van der Waals surface area contributed by atoms with Crippen molar-refractivity contribution in [3.8, 4) is 5.75 Å². The zero-order chi connectivity index (χ0) is 12.7. The maximum atomic E-state index is 5.97. The molecule has 3 nitrogen and oxygen atoms in total. The molecule has 0 saturated carbocycles. The van der Waals surface area contributed by atoms with Crippen LogP contribution in [-0.4, -0.2) is 15.9 Å². The summed E-state index contributed by atoms with van der Waals surface area (Å²) in [7, 11) is 0. The van der Waals surface area contributed by atoms with Gasteiger partial charge < -0.3 is 4.74 Å². The number of hydrogen-bond donors (Lipinski definition) is 0. The lowest BCUT2D eigenvalue weighted by Gasteiger charge is -2.11. The molecule has 3 heteroatoms. The average molecular weight is 242 g/mol. The standard InChI is InChI=1S/C15H18N2O/c1-10-4-5-15-13(6-10)8-14(18-15)9-17-12(3)7-11(2)16-17/h4-7,14H,8-9H2,1-3H3. The number of aromatic nitrogens is 2. The summed E-state index contributed by atoms with van der Waals surface area (Å²) in [6.45, 7) is 7.06. The number of hydrogen-bond acceptors (Lipinski definition) is 2. The largest absolute Gasteiger partial charge is 0.488 e. The van der Waals surface area contributed by atoms with Gasteiger partial charge in [-0.25, -0.2) is 0 Å². The van der Waals surface area contributed by atoms with Gasteiger partial charge >= 0.3 is 0 Å². The smallest absolute Gasteiger partial charge is 0.123 e. The molecule has 1 aliphatic rings. The fourth-order valence-electron chi connectivity index (χ4n) is 2.60. The van der Waals surface area contributed by atoms with E-state index in [9.17, 15) is 0 Å². The van der Waals surface area contributed by atoms with Gasteiger partial charge in [0, 0.05) is 12.1 Å². The fraction of sp³-hybridized carbons (Fsp3) is 0.400. The van der Waals surface area contributed by atoms with Gasteiger partial charge in [0.15, 0.2) is 0 Å². The van der Waals surface area contributed by atoms with E-state index in [1.54, 1.807) is 0 Å². The monoisotopic (exact) mass is 242 g/mol. The van der Waals surface area contributed by atoms with E-state index in [0.29, 0.717) is 0 Å². The highest BCUT2D eigenvalue weighted by Crippen LogP contribution is 2.30. The van der Waals surface area contributed by atoms with Crippen LogP contribution in [0.5, 0.6) is 5.75 Å². The lowest BCUT2D eigenvalue weighted by Crippen LogP contribution is -2.22. The first kappa shape index (κ1) is 11.3. The Kier molecular flexibility index (Phi) is 2.62. The maximum Gasteiger partial charge on any atom is 0.123 e. The molecule has 1 atom stereocenters. The number of fused-ring (bicyclic) bond motifs is 1. The molecule has 94 valence electrons. The van der Waals surface area contributed by atoms with E-state index in [4.69, 9.17) is 4.74 Å². The highest BCUT2D eigenvalue weighted by atomic mass is 16.5. The summed E-state index contributed by atoms with van der Waals surface area (Å²) in [5, 5.41) is 4.49. The van der Waals surface area contributed by atoms with Crippen LogP contribution in [0.2, 0.25) is 0 Å². The van der Waals surface area contributed by atoms with Crippen molar-refractivity contribution in [1.29, 1.82) is 0 Å². The zero-order valence-electron chi connectivity index (χ0n) is 11.1. The van der Waals surface area contributed by atoms with E-state index in [2.05, 4.69) is 43.2 Å². The molecule has 18 heavy (non-hydrogen) atoms. The molecule has 1 aromatic heterocycles. The maximum absolute atomic E-state index is 5.97. The first-order valence-electron chi connectivity index (χ1n) is 6.39. The number of rotatable bonds is 2. The number of benzene rings is 1. The Morgan fingerprint density at radius 2 is 2.11 bits per heavy atom. The number of nitrogens with zero attached hydrogens (tertiary/aromatic N) is 2. The SMILES string of the molecule is Cc1ccc2c(c1)CC(Cn1nc(C)cc1C)O2. The van der Waals surface area contributed by atoms with Crippen LogP contribution in [-0.2, 0) is 13.0 Å². The van der Waals surface area contributed by atoms with Gasteiger partial charge in [-0.1, -0.05) is 17.7 Å². The predicted octanol–water partition coefficient (Wildman–Crippen LogP) is 2.81. The van der Waals surface area contributed by atoms with E-state index in [1.165, 1.54) is 16.8 Å². The van der Waals surface area contributed by atoms with Crippen LogP contribution in [0.15, 0.2) is 24.3 Å². The molecular weight excluding hydrogens is 224 g/mol. The fourth-order valence-corrected chi connectivity index (χ4v) is 2.60. The topological polar surface area (TPSA) is 27.1 Å². The Hall–Kier alpha value is -1.77. The number of ether oxygens (including phenoxy) is 1. The average Bonchev–Trinajstić information content (AvgIpc) is 2.82. The molecule has 0 N–H and O–H groups in total. The Morgan fingerprint density at radius 1 is 1.28 bits per heavy atom. The zero-order valence-corrected chi connectivity index (χ0v) is 11.1. The second kappa shape index (κ2) is 4.16. The van der Waals surface area contributed by atoms with Gasteiger partial charge in [0.05, 0.1) is 12.2 Å². The Morgan fingerprint density at radius 3 is 2.83 bits per heavy atom. The van der Waals surface area contributed by atoms with Gasteiger partial charge in [-0.3, -0.25) is 4.68 Å². The molecule has 0 aliphatic carbocycles. The van der Waals surface area contributed by atoms with Crippen molar-refractivity contribution in [2.45, 2.75) is 39.8 Å². The Labute approximate surface area is 107 Å². The molecule has 1 aliphatic heterocycles. The van der Waals surface area contributed by atoms with Crippen LogP contribution in [0, 0.1) is 20.8 Å². The van der Waals surface area contributed by atoms with Crippen molar-refractivity contribution < 1.29 is 4.74 Å². The minimum absolute atomic E-state index is 0.208. The summed E-state index contributed by atoms with van der Waals surface area (Å²) < 4.78 is 8.01. The van der Waals surface area contributed by atoms with Crippen LogP contribution in [0.25, 0.3) is 0 Å². The first-order chi connectivity index (χ1) is 8.61. The third kappa shape index (κ3) is 2.01. The van der Waals surface area contributed by atoms with Gasteiger partial charge in [-0.15, -0.1) is 0 Å². The van der Waals surface area contributed by atoms with Gasteiger partial charge in [0.1, 0.15) is 11.9 Å². The van der Waals surface area contributed by atoms with Crippen molar-refractivity contribution in [2.75, 3.05) is 0 Å². The quantitative estimate of drug-likeness (QED) is 0.809. The van der Waals surface area contributed by atoms with Gasteiger partial charge in [-0.2, -0.15) is 5.10 Å². The second-order valence-electron chi connectivity index (χ2n) is 5.16. The van der Waals surface area contributed by atoms with Crippen LogP contribution < -0.4 is 4.74 Å². The summed E-state index contributed by atoms with van der Waals surface area (Å²) in [6, 6.07) is 8.50. The Balaban J connectivity index is 1.76. The Bertz CT molecular complexity index is 586. The van der Waals surface area contributed by atoms with E-state index in [0.717, 1.165) is 24.4 Å². The summed E-state index contributed by atoms with van der Waals surface area (Å²) in [5.41, 5.74) is 4.88. The molecule has 1 unspecified atom stereocenters. The van der Waals surface area contributed by atoms with Crippen LogP contribution in [0.1, 0.15) is 22.5 Å². The molecule has 2 heterocycles. The molecule has 0 radical (unpaired) electrons. The van der Waals surface area contributed by atoms with E-state index >= 15 is 0 Å². The van der Waals surface area contributed by atoms with E-state index in [-0.39, 0.29) is 6.10 Å². The molecule has 0 fully saturated rings. The predicted molar refractivity (Wildman–Crippen MR) is 71.0 cm³/mol. The second-order valence-corrected chi connectivity index (χ2v) is 5.16.